The van der Waals surface area contributed by atoms with Crippen molar-refractivity contribution in [1.82, 2.24) is 0 Å². The molecule has 304 valence electrons. The highest BCUT2D eigenvalue weighted by Gasteiger charge is 2.85. The van der Waals surface area contributed by atoms with E-state index in [9.17, 15) is 35.1 Å². The molecule has 1 heterocycles. The third-order valence-electron chi connectivity index (χ3n) is 16.7. The normalized spacial score (nSPS) is 47.5. The number of esters is 2. The topological polar surface area (TPSA) is 181 Å². The first-order valence-electron chi connectivity index (χ1n) is 20.1. The molecule has 1 saturated heterocycles. The second-order valence-corrected chi connectivity index (χ2v) is 19.7. The van der Waals surface area contributed by atoms with Crippen LogP contribution in [0.3, 0.4) is 0 Å². The predicted octanol–water partition coefficient (Wildman–Crippen LogP) is 3.90. The highest BCUT2D eigenvalue weighted by atomic mass is 16.7. The minimum Gasteiger partial charge on any atom is -0.463 e. The van der Waals surface area contributed by atoms with Gasteiger partial charge in [0.15, 0.2) is 6.29 Å². The molecular formula is C41H68O12. The van der Waals surface area contributed by atoms with Crippen molar-refractivity contribution in [2.24, 2.45) is 50.7 Å². The number of aliphatic hydroxyl groups is 5. The Morgan fingerprint density at radius 1 is 0.887 bits per heavy atom. The zero-order valence-electron chi connectivity index (χ0n) is 33.7. The SMILES string of the molecule is COC(C)(C)[C@H](O)[C@H](O)C[C@@H](C)[C@@H]1CC[C@]23C[C@]12CC[C@@H]1[C@@]2(C)CC[C@@H](OC(C)=O)C(C)(C)[C@@H]2C[C@@H](O[C@@H]2O[C@H](COC(C)=O)[C@@H](O)[C@H](O)[C@H]2O)[C@]13C. The average Bonchev–Trinajstić information content (AvgIpc) is 3.65. The Kier molecular flexibility index (Phi) is 10.8. The van der Waals surface area contributed by atoms with E-state index in [1.54, 1.807) is 21.0 Å². The van der Waals surface area contributed by atoms with Gasteiger partial charge in [-0.3, -0.25) is 9.59 Å². The van der Waals surface area contributed by atoms with E-state index in [2.05, 4.69) is 34.6 Å². The number of aliphatic hydroxyl groups excluding tert-OH is 5. The second-order valence-electron chi connectivity index (χ2n) is 19.7. The van der Waals surface area contributed by atoms with Gasteiger partial charge in [0.25, 0.3) is 0 Å². The van der Waals surface area contributed by atoms with E-state index < -0.39 is 60.6 Å². The molecule has 0 bridgehead atoms. The molecule has 0 spiro atoms. The van der Waals surface area contributed by atoms with E-state index in [0.717, 1.165) is 44.9 Å². The number of rotatable bonds is 11. The summed E-state index contributed by atoms with van der Waals surface area (Å²) in [4.78, 5) is 23.9. The fourth-order valence-electron chi connectivity index (χ4n) is 13.8. The Hall–Kier alpha value is -1.38. The van der Waals surface area contributed by atoms with E-state index in [0.29, 0.717) is 18.8 Å². The maximum atomic E-state index is 12.3. The molecule has 5 saturated carbocycles. The van der Waals surface area contributed by atoms with Crippen LogP contribution >= 0.6 is 0 Å². The van der Waals surface area contributed by atoms with Crippen LogP contribution in [0.5, 0.6) is 0 Å². The molecule has 5 N–H and O–H groups in total. The van der Waals surface area contributed by atoms with Gasteiger partial charge in [-0.15, -0.1) is 0 Å². The minimum atomic E-state index is -1.57. The van der Waals surface area contributed by atoms with Gasteiger partial charge in [-0.05, 0) is 112 Å². The highest BCUT2D eigenvalue weighted by Crippen LogP contribution is 2.91. The number of fused-ring (bicyclic) bond motifs is 3. The minimum absolute atomic E-state index is 0.0357. The summed E-state index contributed by atoms with van der Waals surface area (Å²) in [5, 5.41) is 55.3. The zero-order valence-corrected chi connectivity index (χ0v) is 33.7. The van der Waals surface area contributed by atoms with Gasteiger partial charge in [-0.1, -0.05) is 34.6 Å². The monoisotopic (exact) mass is 752 g/mol. The van der Waals surface area contributed by atoms with Crippen molar-refractivity contribution in [3.8, 4) is 0 Å². The van der Waals surface area contributed by atoms with Crippen LogP contribution in [0, 0.1) is 50.7 Å². The summed E-state index contributed by atoms with van der Waals surface area (Å²) in [6.07, 6.45) is -1.71. The van der Waals surface area contributed by atoms with Crippen LogP contribution < -0.4 is 0 Å². The molecule has 53 heavy (non-hydrogen) atoms. The molecule has 0 aromatic rings. The van der Waals surface area contributed by atoms with Gasteiger partial charge in [0.1, 0.15) is 43.2 Å². The Bertz CT molecular complexity index is 1390. The van der Waals surface area contributed by atoms with Crippen molar-refractivity contribution in [3.05, 3.63) is 0 Å². The van der Waals surface area contributed by atoms with Gasteiger partial charge in [-0.2, -0.15) is 0 Å². The summed E-state index contributed by atoms with van der Waals surface area (Å²) < 4.78 is 29.8. The van der Waals surface area contributed by atoms with Crippen LogP contribution in [-0.2, 0) is 33.3 Å². The maximum Gasteiger partial charge on any atom is 0.302 e. The molecule has 0 aromatic heterocycles. The number of carbonyl (C=O) groups excluding carboxylic acids is 2. The number of methoxy groups -OCH3 is 1. The lowest BCUT2D eigenvalue weighted by atomic mass is 9.37. The largest absolute Gasteiger partial charge is 0.463 e. The van der Waals surface area contributed by atoms with E-state index >= 15 is 0 Å². The lowest BCUT2D eigenvalue weighted by Crippen LogP contribution is -2.68. The van der Waals surface area contributed by atoms with E-state index in [1.165, 1.54) is 13.8 Å². The molecule has 0 radical (unpaired) electrons. The number of carbonyl (C=O) groups is 2. The first-order chi connectivity index (χ1) is 24.5. The lowest BCUT2D eigenvalue weighted by molar-refractivity contribution is -0.344. The summed E-state index contributed by atoms with van der Waals surface area (Å²) >= 11 is 0. The predicted molar refractivity (Wildman–Crippen MR) is 193 cm³/mol. The molecule has 6 aliphatic rings. The van der Waals surface area contributed by atoms with Gasteiger partial charge in [0, 0.05) is 31.8 Å². The quantitative estimate of drug-likeness (QED) is 0.152. The highest BCUT2D eigenvalue weighted by molar-refractivity contribution is 5.66. The lowest BCUT2D eigenvalue weighted by Gasteiger charge is -2.69. The summed E-state index contributed by atoms with van der Waals surface area (Å²) in [6, 6.07) is 0. The first-order valence-corrected chi connectivity index (χ1v) is 20.1. The number of hydrogen-bond acceptors (Lipinski definition) is 12. The van der Waals surface area contributed by atoms with Crippen LogP contribution in [0.25, 0.3) is 0 Å². The maximum absolute atomic E-state index is 12.3. The Labute approximate surface area is 315 Å². The van der Waals surface area contributed by atoms with Crippen LogP contribution in [-0.4, -0.2) is 112 Å². The average molecular weight is 753 g/mol. The molecule has 0 unspecified atom stereocenters. The van der Waals surface area contributed by atoms with Gasteiger partial charge >= 0.3 is 11.9 Å². The van der Waals surface area contributed by atoms with Crippen LogP contribution in [0.1, 0.15) is 120 Å². The van der Waals surface area contributed by atoms with Gasteiger partial charge in [0.2, 0.25) is 0 Å². The van der Waals surface area contributed by atoms with Crippen molar-refractivity contribution in [2.75, 3.05) is 13.7 Å². The van der Waals surface area contributed by atoms with Gasteiger partial charge < -0.3 is 49.2 Å². The molecule has 6 rings (SSSR count). The third kappa shape index (κ3) is 6.23. The molecule has 5 aliphatic carbocycles. The molecule has 17 atom stereocenters. The van der Waals surface area contributed by atoms with Crippen LogP contribution in [0.4, 0.5) is 0 Å². The summed E-state index contributed by atoms with van der Waals surface area (Å²) in [7, 11) is 1.55. The molecular weight excluding hydrogens is 684 g/mol. The molecule has 6 fully saturated rings. The summed E-state index contributed by atoms with van der Waals surface area (Å²) in [5.41, 5.74) is -1.74. The second kappa shape index (κ2) is 13.9. The standard InChI is InChI=1S/C41H68O12/c1-21(17-25(44)34(48)37(6,7)49-10)24-11-16-41-20-40(24,41)15-12-27-38(8)14-13-29(51-23(3)43)36(4,5)28(38)18-30(39(27,41)9)53-35-33(47)32(46)31(45)26(52-35)19-50-22(2)42/h21,24-35,44-48H,11-20H2,1-10H3/t21-,24+,25-,26-,27-,28+,29-,30-,31-,32+,33-,34-,35+,38-,39+,40-,41-/m1/s1. The zero-order chi connectivity index (χ0) is 39.3. The fourth-order valence-corrected chi connectivity index (χ4v) is 13.8. The smallest absolute Gasteiger partial charge is 0.302 e. The van der Waals surface area contributed by atoms with Crippen molar-refractivity contribution >= 4 is 11.9 Å². The van der Waals surface area contributed by atoms with Crippen LogP contribution in [0.2, 0.25) is 0 Å². The van der Waals surface area contributed by atoms with E-state index in [4.69, 9.17) is 23.7 Å². The fraction of sp³-hybridized carbons (Fsp3) is 0.951. The summed E-state index contributed by atoms with van der Waals surface area (Å²) in [5.74, 6) is -0.00419. The van der Waals surface area contributed by atoms with Crippen LogP contribution in [0.15, 0.2) is 0 Å². The van der Waals surface area contributed by atoms with Crippen molar-refractivity contribution in [2.45, 2.75) is 181 Å². The summed E-state index contributed by atoms with van der Waals surface area (Å²) in [6.45, 7) is 17.4. The third-order valence-corrected chi connectivity index (χ3v) is 16.7. The Morgan fingerprint density at radius 2 is 1.57 bits per heavy atom. The van der Waals surface area contributed by atoms with Crippen molar-refractivity contribution in [3.63, 3.8) is 0 Å². The molecule has 0 aromatic carbocycles. The van der Waals surface area contributed by atoms with Crippen molar-refractivity contribution < 1.29 is 58.8 Å². The number of hydrogen-bond donors (Lipinski definition) is 5. The molecule has 12 nitrogen and oxygen atoms in total. The van der Waals surface area contributed by atoms with E-state index in [1.807, 2.05) is 0 Å². The Morgan fingerprint density at radius 3 is 2.19 bits per heavy atom. The molecule has 1 aliphatic heterocycles. The van der Waals surface area contributed by atoms with Gasteiger partial charge in [0.05, 0.1) is 17.8 Å². The van der Waals surface area contributed by atoms with Gasteiger partial charge in [-0.25, -0.2) is 0 Å². The molecule has 0 amide bonds. The first kappa shape index (κ1) is 41.3. The van der Waals surface area contributed by atoms with Crippen molar-refractivity contribution in [1.29, 1.82) is 0 Å². The number of ether oxygens (including phenoxy) is 5. The molecule has 12 heteroatoms. The Balaban J connectivity index is 1.35. The van der Waals surface area contributed by atoms with E-state index in [-0.39, 0.29) is 63.5 Å².